The van der Waals surface area contributed by atoms with Crippen LogP contribution in [0, 0.1) is 0 Å². The number of primary amides is 1. The molecule has 1 rings (SSSR count). The van der Waals surface area contributed by atoms with Crippen molar-refractivity contribution in [1.29, 1.82) is 0 Å². The molecule has 0 fully saturated rings. The van der Waals surface area contributed by atoms with Gasteiger partial charge in [0.05, 0.1) is 11.9 Å². The maximum Gasteiger partial charge on any atom is 0.269 e. The average molecular weight is 231 g/mol. The quantitative estimate of drug-likeness (QED) is 0.723. The number of carbonyl (C=O) groups excluding carboxylic acids is 2. The van der Waals surface area contributed by atoms with Crippen molar-refractivity contribution in [2.45, 2.75) is 13.5 Å². The van der Waals surface area contributed by atoms with Crippen molar-refractivity contribution < 1.29 is 9.59 Å². The van der Waals surface area contributed by atoms with E-state index in [2.05, 4.69) is 10.4 Å². The number of nitrogens with one attached hydrogen (secondary N) is 1. The molecular formula is C8H11ClN4O2. The Balaban J connectivity index is 3.02. The Morgan fingerprint density at radius 3 is 2.80 bits per heavy atom. The molecule has 0 aromatic carbocycles. The van der Waals surface area contributed by atoms with Gasteiger partial charge in [-0.1, -0.05) is 0 Å². The van der Waals surface area contributed by atoms with E-state index < -0.39 is 11.8 Å². The van der Waals surface area contributed by atoms with Gasteiger partial charge in [0.25, 0.3) is 5.91 Å². The van der Waals surface area contributed by atoms with Crippen molar-refractivity contribution in [3.05, 3.63) is 11.9 Å². The molecule has 0 saturated carbocycles. The molecule has 6 nitrogen and oxygen atoms in total. The van der Waals surface area contributed by atoms with E-state index in [9.17, 15) is 9.59 Å². The molecule has 2 amide bonds. The van der Waals surface area contributed by atoms with Crippen LogP contribution in [0.5, 0.6) is 0 Å². The minimum Gasteiger partial charge on any atom is -0.364 e. The van der Waals surface area contributed by atoms with E-state index in [-0.39, 0.29) is 17.3 Å². The van der Waals surface area contributed by atoms with E-state index in [1.165, 1.54) is 10.9 Å². The van der Waals surface area contributed by atoms with Gasteiger partial charge >= 0.3 is 0 Å². The molecule has 0 spiro atoms. The van der Waals surface area contributed by atoms with Crippen molar-refractivity contribution in [2.75, 3.05) is 11.2 Å². The van der Waals surface area contributed by atoms with Crippen LogP contribution >= 0.6 is 11.6 Å². The summed E-state index contributed by atoms with van der Waals surface area (Å²) in [4.78, 5) is 22.1. The highest BCUT2D eigenvalue weighted by Gasteiger charge is 2.16. The van der Waals surface area contributed by atoms with Crippen LogP contribution in [0.25, 0.3) is 0 Å². The van der Waals surface area contributed by atoms with Gasteiger partial charge in [-0.25, -0.2) is 0 Å². The van der Waals surface area contributed by atoms with Gasteiger partial charge in [-0.3, -0.25) is 14.3 Å². The zero-order valence-electron chi connectivity index (χ0n) is 8.16. The summed E-state index contributed by atoms with van der Waals surface area (Å²) < 4.78 is 1.41. The summed E-state index contributed by atoms with van der Waals surface area (Å²) in [5.74, 6) is -1.23. The third kappa shape index (κ3) is 2.47. The van der Waals surface area contributed by atoms with Crippen molar-refractivity contribution in [3.63, 3.8) is 0 Å². The van der Waals surface area contributed by atoms with Crippen LogP contribution in [0.2, 0.25) is 0 Å². The summed E-state index contributed by atoms with van der Waals surface area (Å²) in [6, 6.07) is 0. The largest absolute Gasteiger partial charge is 0.364 e. The molecule has 1 aromatic rings. The van der Waals surface area contributed by atoms with Gasteiger partial charge in [-0.05, 0) is 6.92 Å². The van der Waals surface area contributed by atoms with Gasteiger partial charge in [0.15, 0.2) is 0 Å². The molecule has 82 valence electrons. The monoisotopic (exact) mass is 230 g/mol. The molecule has 0 aliphatic rings. The fraction of sp³-hybridized carbons (Fsp3) is 0.375. The van der Waals surface area contributed by atoms with E-state index in [1.54, 1.807) is 0 Å². The molecule has 0 bridgehead atoms. The molecule has 0 aliphatic carbocycles. The van der Waals surface area contributed by atoms with E-state index >= 15 is 0 Å². The molecule has 1 heterocycles. The number of aromatic nitrogens is 2. The Bertz CT molecular complexity index is 388. The van der Waals surface area contributed by atoms with E-state index in [4.69, 9.17) is 17.3 Å². The second-order valence-corrected chi connectivity index (χ2v) is 3.04. The van der Waals surface area contributed by atoms with Crippen LogP contribution < -0.4 is 11.1 Å². The Kier molecular flexibility index (Phi) is 3.68. The second kappa shape index (κ2) is 4.79. The minimum absolute atomic E-state index is 0.177. The first kappa shape index (κ1) is 11.5. The summed E-state index contributed by atoms with van der Waals surface area (Å²) in [7, 11) is 0. The Labute approximate surface area is 91.4 Å². The first-order chi connectivity index (χ1) is 7.10. The summed E-state index contributed by atoms with van der Waals surface area (Å²) >= 11 is 5.32. The number of aryl methyl sites for hydroxylation is 1. The number of hydrogen-bond acceptors (Lipinski definition) is 3. The smallest absolute Gasteiger partial charge is 0.269 e. The Hall–Kier alpha value is -1.56. The molecule has 1 aromatic heterocycles. The van der Waals surface area contributed by atoms with Gasteiger partial charge < -0.3 is 11.1 Å². The normalized spacial score (nSPS) is 10.0. The number of carbonyl (C=O) groups is 2. The van der Waals surface area contributed by atoms with Gasteiger partial charge in [0.2, 0.25) is 5.91 Å². The molecule has 15 heavy (non-hydrogen) atoms. The van der Waals surface area contributed by atoms with Crippen LogP contribution in [-0.4, -0.2) is 27.5 Å². The first-order valence-corrected chi connectivity index (χ1v) is 4.85. The van der Waals surface area contributed by atoms with Crippen molar-refractivity contribution in [1.82, 2.24) is 9.78 Å². The fourth-order valence-electron chi connectivity index (χ4n) is 1.16. The molecule has 0 atom stereocenters. The van der Waals surface area contributed by atoms with Crippen molar-refractivity contribution in [3.8, 4) is 0 Å². The van der Waals surface area contributed by atoms with Crippen molar-refractivity contribution in [2.24, 2.45) is 5.73 Å². The maximum atomic E-state index is 11.1. The number of anilines is 1. The van der Waals surface area contributed by atoms with Crippen LogP contribution in [0.1, 0.15) is 17.4 Å². The highest BCUT2D eigenvalue weighted by atomic mass is 35.5. The van der Waals surface area contributed by atoms with Crippen LogP contribution in [-0.2, 0) is 11.3 Å². The highest BCUT2D eigenvalue weighted by molar-refractivity contribution is 6.29. The van der Waals surface area contributed by atoms with E-state index in [0.717, 1.165) is 0 Å². The Morgan fingerprint density at radius 1 is 1.67 bits per heavy atom. The zero-order chi connectivity index (χ0) is 11.4. The molecule has 0 saturated heterocycles. The molecule has 0 unspecified atom stereocenters. The number of amides is 2. The number of nitrogens with zero attached hydrogens (tertiary/aromatic N) is 2. The standard InChI is InChI=1S/C8H11ClN4O2/c1-2-13-7(8(10)15)5(4-11-13)12-6(14)3-9/h4H,2-3H2,1H3,(H2,10,15)(H,12,14). The number of nitrogens with two attached hydrogens (primary N) is 1. The zero-order valence-corrected chi connectivity index (χ0v) is 8.91. The molecule has 3 N–H and O–H groups in total. The lowest BCUT2D eigenvalue weighted by Crippen LogP contribution is -2.21. The van der Waals surface area contributed by atoms with Gasteiger partial charge in [-0.15, -0.1) is 11.6 Å². The van der Waals surface area contributed by atoms with Gasteiger partial charge in [-0.2, -0.15) is 5.10 Å². The second-order valence-electron chi connectivity index (χ2n) is 2.77. The highest BCUT2D eigenvalue weighted by Crippen LogP contribution is 2.14. The topological polar surface area (TPSA) is 90.0 Å². The maximum absolute atomic E-state index is 11.1. The number of hydrogen-bond donors (Lipinski definition) is 2. The lowest BCUT2D eigenvalue weighted by molar-refractivity contribution is -0.113. The lowest BCUT2D eigenvalue weighted by atomic mass is 10.3. The number of halogens is 1. The SMILES string of the molecule is CCn1ncc(NC(=O)CCl)c1C(N)=O. The molecule has 7 heteroatoms. The average Bonchev–Trinajstić information content (AvgIpc) is 2.60. The van der Waals surface area contributed by atoms with Gasteiger partial charge in [0, 0.05) is 6.54 Å². The molecule has 0 aliphatic heterocycles. The van der Waals surface area contributed by atoms with Crippen molar-refractivity contribution >= 4 is 29.1 Å². The van der Waals surface area contributed by atoms with Gasteiger partial charge in [0.1, 0.15) is 11.6 Å². The molecular weight excluding hydrogens is 220 g/mol. The van der Waals surface area contributed by atoms with E-state index in [1.807, 2.05) is 6.92 Å². The summed E-state index contributed by atoms with van der Waals surface area (Å²) in [5, 5.41) is 6.34. The lowest BCUT2D eigenvalue weighted by Gasteiger charge is -2.04. The summed E-state index contributed by atoms with van der Waals surface area (Å²) in [6.07, 6.45) is 1.37. The minimum atomic E-state index is -0.640. The first-order valence-electron chi connectivity index (χ1n) is 4.31. The third-order valence-corrected chi connectivity index (χ3v) is 2.01. The Morgan fingerprint density at radius 2 is 2.33 bits per heavy atom. The number of rotatable bonds is 4. The third-order valence-electron chi connectivity index (χ3n) is 1.77. The van der Waals surface area contributed by atoms with Crippen LogP contribution in [0.4, 0.5) is 5.69 Å². The summed E-state index contributed by atoms with van der Waals surface area (Å²) in [5.41, 5.74) is 5.63. The summed E-state index contributed by atoms with van der Waals surface area (Å²) in [6.45, 7) is 2.31. The van der Waals surface area contributed by atoms with E-state index in [0.29, 0.717) is 6.54 Å². The molecule has 0 radical (unpaired) electrons. The predicted octanol–water partition coefficient (Wildman–Crippen LogP) is 0.179. The van der Waals surface area contributed by atoms with Crippen LogP contribution in [0.3, 0.4) is 0 Å². The predicted molar refractivity (Wildman–Crippen MR) is 55.8 cm³/mol. The van der Waals surface area contributed by atoms with Crippen LogP contribution in [0.15, 0.2) is 6.20 Å². The number of alkyl halides is 1. The fourth-order valence-corrected chi connectivity index (χ4v) is 1.23.